The number of hydrogen-bond donors (Lipinski definition) is 0. The van der Waals surface area contributed by atoms with Gasteiger partial charge in [0.1, 0.15) is 0 Å². The van der Waals surface area contributed by atoms with Gasteiger partial charge >= 0.3 is 0 Å². The third-order valence-electron chi connectivity index (χ3n) is 3.96. The van der Waals surface area contributed by atoms with Crippen molar-refractivity contribution in [1.82, 2.24) is 4.90 Å². The minimum absolute atomic E-state index is 0.00840. The van der Waals surface area contributed by atoms with Gasteiger partial charge in [-0.25, -0.2) is 0 Å². The van der Waals surface area contributed by atoms with Crippen LogP contribution in [0.2, 0.25) is 0 Å². The normalized spacial score (nSPS) is 11.8. The number of nitro groups is 1. The fourth-order valence-electron chi connectivity index (χ4n) is 2.72. The Balaban J connectivity index is 2.16. The molecule has 1 amide bonds. The van der Waals surface area contributed by atoms with Crippen LogP contribution in [0.25, 0.3) is 0 Å². The molecule has 0 saturated carbocycles. The average molecular weight is 326 g/mol. The Labute approximate surface area is 142 Å². The van der Waals surface area contributed by atoms with Crippen molar-refractivity contribution in [3.8, 4) is 0 Å². The molecule has 5 nitrogen and oxygen atoms in total. The second-order valence-electron chi connectivity index (χ2n) is 5.84. The van der Waals surface area contributed by atoms with E-state index in [0.717, 1.165) is 12.8 Å². The van der Waals surface area contributed by atoms with Crippen molar-refractivity contribution in [3.05, 3.63) is 75.8 Å². The van der Waals surface area contributed by atoms with Gasteiger partial charge < -0.3 is 4.90 Å². The summed E-state index contributed by atoms with van der Waals surface area (Å²) in [6, 6.07) is 15.9. The molecule has 0 saturated heterocycles. The van der Waals surface area contributed by atoms with Gasteiger partial charge in [-0.2, -0.15) is 0 Å². The number of amides is 1. The molecule has 2 aromatic carbocycles. The molecule has 0 aliphatic heterocycles. The van der Waals surface area contributed by atoms with Gasteiger partial charge in [0.2, 0.25) is 0 Å². The molecule has 0 aliphatic carbocycles. The maximum Gasteiger partial charge on any atom is 0.269 e. The number of nitrogens with zero attached hydrogens (tertiary/aromatic N) is 2. The third kappa shape index (κ3) is 4.41. The molecule has 2 aromatic rings. The van der Waals surface area contributed by atoms with Crippen LogP contribution >= 0.6 is 0 Å². The summed E-state index contributed by atoms with van der Waals surface area (Å²) in [5, 5.41) is 10.7. The molecule has 0 bridgehead atoms. The van der Waals surface area contributed by atoms with Crippen molar-refractivity contribution in [1.29, 1.82) is 0 Å². The Kier molecular flexibility index (Phi) is 6.07. The summed E-state index contributed by atoms with van der Waals surface area (Å²) in [6.45, 7) is 4.72. The Morgan fingerprint density at radius 1 is 1.12 bits per heavy atom. The fraction of sp³-hybridized carbons (Fsp3) is 0.316. The van der Waals surface area contributed by atoms with Crippen molar-refractivity contribution < 1.29 is 9.72 Å². The van der Waals surface area contributed by atoms with Crippen molar-refractivity contribution in [3.63, 3.8) is 0 Å². The molecule has 24 heavy (non-hydrogen) atoms. The SMILES string of the molecule is CCCN(C(=O)c1ccc([N+](=O)[O-])cc1)C(C)Cc1ccccc1. The predicted octanol–water partition coefficient (Wildman–Crippen LogP) is 4.08. The first-order valence-corrected chi connectivity index (χ1v) is 8.12. The van der Waals surface area contributed by atoms with Crippen LogP contribution in [-0.4, -0.2) is 28.3 Å². The largest absolute Gasteiger partial charge is 0.336 e. The van der Waals surface area contributed by atoms with Crippen molar-refractivity contribution in [2.24, 2.45) is 0 Å². The van der Waals surface area contributed by atoms with Gasteiger partial charge in [0.25, 0.3) is 11.6 Å². The van der Waals surface area contributed by atoms with E-state index in [0.29, 0.717) is 12.1 Å². The maximum absolute atomic E-state index is 12.8. The second kappa shape index (κ2) is 8.24. The standard InChI is InChI=1S/C19H22N2O3/c1-3-13-20(15(2)14-16-7-5-4-6-8-16)19(22)17-9-11-18(12-10-17)21(23)24/h4-12,15H,3,13-14H2,1-2H3. The molecular weight excluding hydrogens is 304 g/mol. The maximum atomic E-state index is 12.8. The summed E-state index contributed by atoms with van der Waals surface area (Å²) in [5.41, 5.74) is 1.66. The number of non-ortho nitro benzene ring substituents is 1. The molecule has 2 rings (SSSR count). The highest BCUT2D eigenvalue weighted by atomic mass is 16.6. The van der Waals surface area contributed by atoms with Crippen LogP contribution in [0.3, 0.4) is 0 Å². The minimum Gasteiger partial charge on any atom is -0.336 e. The van der Waals surface area contributed by atoms with Gasteiger partial charge in [-0.15, -0.1) is 0 Å². The van der Waals surface area contributed by atoms with Crippen molar-refractivity contribution in [2.75, 3.05) is 6.54 Å². The lowest BCUT2D eigenvalue weighted by Crippen LogP contribution is -2.40. The molecule has 0 radical (unpaired) electrons. The lowest BCUT2D eigenvalue weighted by atomic mass is 10.0. The number of nitro benzene ring substituents is 1. The number of rotatable bonds is 7. The first kappa shape index (κ1) is 17.7. The van der Waals surface area contributed by atoms with E-state index in [9.17, 15) is 14.9 Å². The van der Waals surface area contributed by atoms with Crippen LogP contribution in [0.1, 0.15) is 36.2 Å². The molecule has 0 heterocycles. The zero-order chi connectivity index (χ0) is 17.5. The Hall–Kier alpha value is -2.69. The summed E-state index contributed by atoms with van der Waals surface area (Å²) in [5.74, 6) is -0.0878. The van der Waals surface area contributed by atoms with Gasteiger partial charge in [-0.05, 0) is 37.5 Å². The summed E-state index contributed by atoms with van der Waals surface area (Å²) in [4.78, 5) is 24.9. The molecule has 1 unspecified atom stereocenters. The first-order valence-electron chi connectivity index (χ1n) is 8.12. The predicted molar refractivity (Wildman–Crippen MR) is 94.0 cm³/mol. The van der Waals surface area contributed by atoms with Crippen molar-refractivity contribution >= 4 is 11.6 Å². The molecular formula is C19H22N2O3. The highest BCUT2D eigenvalue weighted by Crippen LogP contribution is 2.17. The molecule has 1 atom stereocenters. The van der Waals surface area contributed by atoms with E-state index in [1.165, 1.54) is 29.8 Å². The van der Waals surface area contributed by atoms with E-state index in [4.69, 9.17) is 0 Å². The molecule has 0 fully saturated rings. The van der Waals surface area contributed by atoms with Gasteiger partial charge in [0, 0.05) is 30.3 Å². The number of carbonyl (C=O) groups is 1. The first-order chi connectivity index (χ1) is 11.5. The minimum atomic E-state index is -0.462. The monoisotopic (exact) mass is 326 g/mol. The van der Waals surface area contributed by atoms with Crippen LogP contribution in [-0.2, 0) is 6.42 Å². The molecule has 5 heteroatoms. The molecule has 126 valence electrons. The van der Waals surface area contributed by atoms with Gasteiger partial charge in [-0.3, -0.25) is 14.9 Å². The summed E-state index contributed by atoms with van der Waals surface area (Å²) < 4.78 is 0. The molecule has 0 aromatic heterocycles. The van der Waals surface area contributed by atoms with Gasteiger partial charge in [0.15, 0.2) is 0 Å². The van der Waals surface area contributed by atoms with E-state index in [2.05, 4.69) is 12.1 Å². The van der Waals surface area contributed by atoms with E-state index < -0.39 is 4.92 Å². The van der Waals surface area contributed by atoms with E-state index in [1.54, 1.807) is 0 Å². The summed E-state index contributed by atoms with van der Waals surface area (Å²) in [7, 11) is 0. The van der Waals surface area contributed by atoms with Gasteiger partial charge in [0.05, 0.1) is 4.92 Å². The molecule has 0 aliphatic rings. The van der Waals surface area contributed by atoms with Crippen LogP contribution < -0.4 is 0 Å². The zero-order valence-corrected chi connectivity index (χ0v) is 14.0. The van der Waals surface area contributed by atoms with Crippen molar-refractivity contribution in [2.45, 2.75) is 32.7 Å². The summed E-state index contributed by atoms with van der Waals surface area (Å²) in [6.07, 6.45) is 1.64. The zero-order valence-electron chi connectivity index (χ0n) is 14.0. The Morgan fingerprint density at radius 2 is 1.75 bits per heavy atom. The molecule has 0 N–H and O–H groups in total. The third-order valence-corrected chi connectivity index (χ3v) is 3.96. The Morgan fingerprint density at radius 3 is 2.29 bits per heavy atom. The highest BCUT2D eigenvalue weighted by Gasteiger charge is 2.21. The molecule has 0 spiro atoms. The summed E-state index contributed by atoms with van der Waals surface area (Å²) >= 11 is 0. The Bertz CT molecular complexity index is 684. The van der Waals surface area contributed by atoms with Gasteiger partial charge in [-0.1, -0.05) is 37.3 Å². The van der Waals surface area contributed by atoms with E-state index in [-0.39, 0.29) is 17.6 Å². The lowest BCUT2D eigenvalue weighted by molar-refractivity contribution is -0.384. The topological polar surface area (TPSA) is 63.5 Å². The number of hydrogen-bond acceptors (Lipinski definition) is 3. The lowest BCUT2D eigenvalue weighted by Gasteiger charge is -2.29. The number of carbonyl (C=O) groups excluding carboxylic acids is 1. The van der Waals surface area contributed by atoms with Crippen LogP contribution in [0.5, 0.6) is 0 Å². The highest BCUT2D eigenvalue weighted by molar-refractivity contribution is 5.94. The van der Waals surface area contributed by atoms with E-state index >= 15 is 0 Å². The average Bonchev–Trinajstić information content (AvgIpc) is 2.60. The van der Waals surface area contributed by atoms with Crippen LogP contribution in [0, 0.1) is 10.1 Å². The second-order valence-corrected chi connectivity index (χ2v) is 5.84. The van der Waals surface area contributed by atoms with E-state index in [1.807, 2.05) is 36.9 Å². The number of benzene rings is 2. The fourth-order valence-corrected chi connectivity index (χ4v) is 2.72. The quantitative estimate of drug-likeness (QED) is 0.569. The van der Waals surface area contributed by atoms with Crippen LogP contribution in [0.15, 0.2) is 54.6 Å². The smallest absolute Gasteiger partial charge is 0.269 e. The van der Waals surface area contributed by atoms with Crippen LogP contribution in [0.4, 0.5) is 5.69 Å².